The van der Waals surface area contributed by atoms with E-state index in [9.17, 15) is 0 Å². The Kier molecular flexibility index (Phi) is 7.75. The van der Waals surface area contributed by atoms with Crippen LogP contribution in [-0.4, -0.2) is 7.11 Å². The maximum atomic E-state index is 5.48. The van der Waals surface area contributed by atoms with Crippen molar-refractivity contribution in [1.29, 1.82) is 0 Å². The van der Waals surface area contributed by atoms with Gasteiger partial charge in [0.2, 0.25) is 0 Å². The van der Waals surface area contributed by atoms with Gasteiger partial charge in [-0.3, -0.25) is 0 Å². The van der Waals surface area contributed by atoms with Crippen LogP contribution >= 0.6 is 0 Å². The topological polar surface area (TPSA) is 12.5 Å². The Morgan fingerprint density at radius 3 is 1.62 bits per heavy atom. The second-order valence-corrected chi connectivity index (χ2v) is 7.58. The third-order valence-electron chi connectivity index (χ3n) is 5.34. The number of methoxy groups -OCH3 is 1. The minimum atomic E-state index is 0.867. The quantitative estimate of drug-likeness (QED) is 0.351. The summed E-state index contributed by atoms with van der Waals surface area (Å²) in [6.07, 6.45) is 7.20. The van der Waals surface area contributed by atoms with E-state index in [4.69, 9.17) is 4.74 Å². The molecule has 3 aromatic carbocycles. The Morgan fingerprint density at radius 1 is 0.655 bits per heavy atom. The molecule has 0 unspecified atom stereocenters. The fourth-order valence-corrected chi connectivity index (χ4v) is 3.58. The molecule has 152 valence electrons. The van der Waals surface area contributed by atoms with E-state index >= 15 is 0 Å². The van der Waals surface area contributed by atoms with Gasteiger partial charge in [0.05, 0.1) is 7.11 Å². The second-order valence-electron chi connectivity index (χ2n) is 7.58. The van der Waals surface area contributed by atoms with E-state index in [0.717, 1.165) is 24.3 Å². The average Bonchev–Trinajstić information content (AvgIpc) is 2.78. The summed E-state index contributed by atoms with van der Waals surface area (Å²) in [5.74, 6) is 0.867. The van der Waals surface area contributed by atoms with Crippen LogP contribution in [0.5, 0.6) is 5.75 Å². The summed E-state index contributed by atoms with van der Waals surface area (Å²) in [6.45, 7) is 4.48. The first-order valence-corrected chi connectivity index (χ1v) is 10.9. The highest BCUT2D eigenvalue weighted by molar-refractivity contribution is 5.77. The van der Waals surface area contributed by atoms with Gasteiger partial charge in [-0.05, 0) is 73.2 Å². The molecule has 0 spiro atoms. The van der Waals surface area contributed by atoms with E-state index in [-0.39, 0.29) is 0 Å². The van der Waals surface area contributed by atoms with Crippen molar-refractivity contribution in [2.45, 2.75) is 52.4 Å². The molecule has 3 aromatic rings. The van der Waals surface area contributed by atoms with Crippen molar-refractivity contribution >= 4 is 17.1 Å². The van der Waals surface area contributed by atoms with Crippen LogP contribution in [0.25, 0.3) is 0 Å². The zero-order chi connectivity index (χ0) is 20.5. The van der Waals surface area contributed by atoms with Crippen LogP contribution in [0, 0.1) is 0 Å². The fourth-order valence-electron chi connectivity index (χ4n) is 3.58. The number of aryl methyl sites for hydroxylation is 2. The van der Waals surface area contributed by atoms with Gasteiger partial charge >= 0.3 is 0 Å². The maximum Gasteiger partial charge on any atom is 0.120 e. The highest BCUT2D eigenvalue weighted by Gasteiger charge is 2.13. The summed E-state index contributed by atoms with van der Waals surface area (Å²) in [4.78, 5) is 2.30. The summed E-state index contributed by atoms with van der Waals surface area (Å²) in [6, 6.07) is 26.2. The molecular weight excluding hydrogens is 354 g/mol. The molecule has 0 atom stereocenters. The first kappa shape index (κ1) is 21.0. The molecule has 0 aromatic heterocycles. The predicted molar refractivity (Wildman–Crippen MR) is 125 cm³/mol. The first-order valence-electron chi connectivity index (χ1n) is 10.9. The average molecular weight is 388 g/mol. The van der Waals surface area contributed by atoms with Crippen molar-refractivity contribution in [2.24, 2.45) is 0 Å². The van der Waals surface area contributed by atoms with Crippen LogP contribution in [0.15, 0.2) is 72.8 Å². The Hall–Kier alpha value is -2.74. The monoisotopic (exact) mass is 387 g/mol. The number of hydrogen-bond donors (Lipinski definition) is 0. The molecule has 0 radical (unpaired) electrons. The van der Waals surface area contributed by atoms with Crippen LogP contribution < -0.4 is 9.64 Å². The van der Waals surface area contributed by atoms with Gasteiger partial charge in [-0.2, -0.15) is 0 Å². The fraction of sp³-hybridized carbons (Fsp3) is 0.333. The zero-order valence-corrected chi connectivity index (χ0v) is 18.0. The SMILES string of the molecule is CCCCc1ccc(N(c2ccc(CCCC)cc2)c2cccc(OC)c2)cc1. The van der Waals surface area contributed by atoms with Crippen LogP contribution in [0.1, 0.15) is 50.7 Å². The third kappa shape index (κ3) is 5.63. The van der Waals surface area contributed by atoms with Gasteiger partial charge in [0.1, 0.15) is 5.75 Å². The van der Waals surface area contributed by atoms with Gasteiger partial charge in [0.15, 0.2) is 0 Å². The molecule has 0 fully saturated rings. The molecule has 0 heterocycles. The standard InChI is InChI=1S/C27H33NO/c1-4-6-9-22-13-17-24(18-14-22)28(26-11-8-12-27(21-26)29-3)25-19-15-23(16-20-25)10-7-5-2/h8,11-21H,4-7,9-10H2,1-3H3. The van der Waals surface area contributed by atoms with E-state index in [1.807, 2.05) is 12.1 Å². The van der Waals surface area contributed by atoms with E-state index in [0.29, 0.717) is 0 Å². The van der Waals surface area contributed by atoms with Crippen molar-refractivity contribution in [3.8, 4) is 5.75 Å². The van der Waals surface area contributed by atoms with Crippen molar-refractivity contribution in [2.75, 3.05) is 12.0 Å². The Bertz CT molecular complexity index is 816. The van der Waals surface area contributed by atoms with Crippen molar-refractivity contribution in [3.05, 3.63) is 83.9 Å². The molecule has 29 heavy (non-hydrogen) atoms. The summed E-state index contributed by atoms with van der Waals surface area (Å²) < 4.78 is 5.48. The van der Waals surface area contributed by atoms with Gasteiger partial charge in [-0.1, -0.05) is 57.0 Å². The molecule has 0 N–H and O–H groups in total. The molecule has 0 aliphatic rings. The molecule has 0 amide bonds. The summed E-state index contributed by atoms with van der Waals surface area (Å²) >= 11 is 0. The molecule has 0 bridgehead atoms. The number of benzene rings is 3. The highest BCUT2D eigenvalue weighted by atomic mass is 16.5. The number of unbranched alkanes of at least 4 members (excludes halogenated alkanes) is 2. The number of anilines is 3. The minimum Gasteiger partial charge on any atom is -0.497 e. The molecule has 0 saturated carbocycles. The van der Waals surface area contributed by atoms with Crippen LogP contribution in [0.3, 0.4) is 0 Å². The lowest BCUT2D eigenvalue weighted by atomic mass is 10.1. The lowest BCUT2D eigenvalue weighted by molar-refractivity contribution is 0.415. The number of hydrogen-bond acceptors (Lipinski definition) is 2. The van der Waals surface area contributed by atoms with Crippen molar-refractivity contribution < 1.29 is 4.74 Å². The van der Waals surface area contributed by atoms with Crippen LogP contribution in [0.2, 0.25) is 0 Å². The first-order chi connectivity index (χ1) is 14.2. The second kappa shape index (κ2) is 10.7. The molecule has 0 aliphatic carbocycles. The van der Waals surface area contributed by atoms with Gasteiger partial charge < -0.3 is 9.64 Å². The van der Waals surface area contributed by atoms with E-state index in [1.54, 1.807) is 7.11 Å². The lowest BCUT2D eigenvalue weighted by Gasteiger charge is -2.26. The third-order valence-corrected chi connectivity index (χ3v) is 5.34. The van der Waals surface area contributed by atoms with Gasteiger partial charge in [-0.15, -0.1) is 0 Å². The zero-order valence-electron chi connectivity index (χ0n) is 18.0. The summed E-state index contributed by atoms with van der Waals surface area (Å²) in [5, 5.41) is 0. The Balaban J connectivity index is 1.95. The van der Waals surface area contributed by atoms with Crippen molar-refractivity contribution in [3.63, 3.8) is 0 Å². The molecule has 0 saturated heterocycles. The van der Waals surface area contributed by atoms with Crippen LogP contribution in [-0.2, 0) is 12.8 Å². The predicted octanol–water partition coefficient (Wildman–Crippen LogP) is 7.85. The van der Waals surface area contributed by atoms with E-state index in [2.05, 4.69) is 79.4 Å². The normalized spacial score (nSPS) is 10.7. The maximum absolute atomic E-state index is 5.48. The van der Waals surface area contributed by atoms with Crippen molar-refractivity contribution in [1.82, 2.24) is 0 Å². The smallest absolute Gasteiger partial charge is 0.120 e. The highest BCUT2D eigenvalue weighted by Crippen LogP contribution is 2.36. The molecular formula is C27H33NO. The summed E-state index contributed by atoms with van der Waals surface area (Å²) in [7, 11) is 1.72. The lowest BCUT2D eigenvalue weighted by Crippen LogP contribution is -2.10. The largest absolute Gasteiger partial charge is 0.497 e. The molecule has 2 heteroatoms. The number of nitrogens with zero attached hydrogens (tertiary/aromatic N) is 1. The number of rotatable bonds is 10. The molecule has 0 aliphatic heterocycles. The Labute approximate surface area is 176 Å². The van der Waals surface area contributed by atoms with Gasteiger partial charge in [0, 0.05) is 23.1 Å². The van der Waals surface area contributed by atoms with Crippen LogP contribution in [0.4, 0.5) is 17.1 Å². The van der Waals surface area contributed by atoms with E-state index < -0.39 is 0 Å². The minimum absolute atomic E-state index is 0.867. The summed E-state index contributed by atoms with van der Waals surface area (Å²) in [5.41, 5.74) is 6.23. The molecule has 2 nitrogen and oxygen atoms in total. The Morgan fingerprint density at radius 2 is 1.17 bits per heavy atom. The molecule has 3 rings (SSSR count). The van der Waals surface area contributed by atoms with Gasteiger partial charge in [-0.25, -0.2) is 0 Å². The van der Waals surface area contributed by atoms with Gasteiger partial charge in [0.25, 0.3) is 0 Å². The number of ether oxygens (including phenoxy) is 1. The van der Waals surface area contributed by atoms with E-state index in [1.165, 1.54) is 48.2 Å².